The maximum absolute atomic E-state index is 12.1. The third-order valence-corrected chi connectivity index (χ3v) is 5.73. The van der Waals surface area contributed by atoms with Crippen molar-refractivity contribution in [2.75, 3.05) is 11.6 Å². The number of carbonyl (C=O) groups excluding carboxylic acids is 1. The molecule has 1 aliphatic carbocycles. The van der Waals surface area contributed by atoms with Crippen molar-refractivity contribution in [3.8, 4) is 0 Å². The van der Waals surface area contributed by atoms with Crippen LogP contribution in [0.5, 0.6) is 0 Å². The third kappa shape index (κ3) is 2.23. The SMILES string of the molecule is CS(=O)(=O)c1ncc2cc3n(c2n1)C1(CCCCC1)CC(=O)N3. The lowest BCUT2D eigenvalue weighted by molar-refractivity contribution is -0.119. The first kappa shape index (κ1) is 14.6. The van der Waals surface area contributed by atoms with Crippen molar-refractivity contribution in [3.05, 3.63) is 12.3 Å². The van der Waals surface area contributed by atoms with E-state index in [9.17, 15) is 13.2 Å². The summed E-state index contributed by atoms with van der Waals surface area (Å²) in [5, 5.41) is 3.46. The number of hydrogen-bond donors (Lipinski definition) is 1. The number of nitrogens with zero attached hydrogens (tertiary/aromatic N) is 3. The topological polar surface area (TPSA) is 93.9 Å². The zero-order chi connectivity index (χ0) is 16.2. The Bertz CT molecular complexity index is 910. The predicted molar refractivity (Wildman–Crippen MR) is 84.9 cm³/mol. The smallest absolute Gasteiger partial charge is 0.248 e. The molecule has 3 heterocycles. The summed E-state index contributed by atoms with van der Waals surface area (Å²) in [7, 11) is -3.47. The number of fused-ring (bicyclic) bond motifs is 4. The van der Waals surface area contributed by atoms with E-state index in [1.807, 2.05) is 10.6 Å². The quantitative estimate of drug-likeness (QED) is 0.803. The fourth-order valence-electron chi connectivity index (χ4n) is 3.90. The van der Waals surface area contributed by atoms with Crippen LogP contribution in [0.2, 0.25) is 0 Å². The molecule has 122 valence electrons. The van der Waals surface area contributed by atoms with Gasteiger partial charge in [0.15, 0.2) is 0 Å². The van der Waals surface area contributed by atoms with Gasteiger partial charge in [0, 0.05) is 17.8 Å². The van der Waals surface area contributed by atoms with Gasteiger partial charge in [0.1, 0.15) is 11.5 Å². The molecule has 0 atom stereocenters. The molecule has 0 aromatic carbocycles. The third-order valence-electron chi connectivity index (χ3n) is 4.87. The van der Waals surface area contributed by atoms with Gasteiger partial charge >= 0.3 is 0 Å². The minimum Gasteiger partial charge on any atom is -0.312 e. The van der Waals surface area contributed by atoms with Crippen LogP contribution in [-0.2, 0) is 20.2 Å². The second-order valence-corrected chi connectivity index (χ2v) is 8.49. The summed E-state index contributed by atoms with van der Waals surface area (Å²) in [4.78, 5) is 20.4. The van der Waals surface area contributed by atoms with E-state index >= 15 is 0 Å². The maximum Gasteiger partial charge on any atom is 0.248 e. The molecule has 8 heteroatoms. The van der Waals surface area contributed by atoms with Gasteiger partial charge in [-0.25, -0.2) is 13.4 Å². The Morgan fingerprint density at radius 3 is 2.70 bits per heavy atom. The van der Waals surface area contributed by atoms with Crippen LogP contribution in [0.1, 0.15) is 38.5 Å². The van der Waals surface area contributed by atoms with Gasteiger partial charge in [-0.2, -0.15) is 4.98 Å². The molecule has 0 bridgehead atoms. The molecule has 1 fully saturated rings. The Labute approximate surface area is 134 Å². The molecular weight excluding hydrogens is 316 g/mol. The molecule has 1 amide bonds. The molecule has 23 heavy (non-hydrogen) atoms. The highest BCUT2D eigenvalue weighted by Gasteiger charge is 2.42. The zero-order valence-corrected chi connectivity index (χ0v) is 13.7. The van der Waals surface area contributed by atoms with Crippen LogP contribution in [0.25, 0.3) is 11.0 Å². The summed E-state index contributed by atoms with van der Waals surface area (Å²) in [6.07, 6.45) is 8.17. The molecule has 2 aromatic heterocycles. The number of rotatable bonds is 1. The van der Waals surface area contributed by atoms with E-state index in [0.717, 1.165) is 37.3 Å². The molecule has 2 aliphatic rings. The summed E-state index contributed by atoms with van der Waals surface area (Å²) in [5.41, 5.74) is 0.304. The monoisotopic (exact) mass is 334 g/mol. The van der Waals surface area contributed by atoms with E-state index in [0.29, 0.717) is 17.9 Å². The number of anilines is 1. The van der Waals surface area contributed by atoms with E-state index in [1.165, 1.54) is 12.6 Å². The molecule has 1 aliphatic heterocycles. The lowest BCUT2D eigenvalue weighted by Crippen LogP contribution is -2.44. The van der Waals surface area contributed by atoms with Crippen molar-refractivity contribution in [1.82, 2.24) is 14.5 Å². The number of hydrogen-bond acceptors (Lipinski definition) is 5. The van der Waals surface area contributed by atoms with E-state index in [1.54, 1.807) is 0 Å². The first-order chi connectivity index (χ1) is 10.9. The number of sulfone groups is 1. The molecule has 0 radical (unpaired) electrons. The molecule has 1 saturated carbocycles. The Balaban J connectivity index is 1.99. The normalized spacial score (nSPS) is 20.5. The van der Waals surface area contributed by atoms with E-state index in [2.05, 4.69) is 15.3 Å². The highest BCUT2D eigenvalue weighted by Crippen LogP contribution is 2.45. The van der Waals surface area contributed by atoms with Crippen molar-refractivity contribution in [3.63, 3.8) is 0 Å². The largest absolute Gasteiger partial charge is 0.312 e. The summed E-state index contributed by atoms with van der Waals surface area (Å²) in [5.74, 6) is 0.705. The van der Waals surface area contributed by atoms with E-state index in [-0.39, 0.29) is 16.6 Å². The molecule has 0 saturated heterocycles. The van der Waals surface area contributed by atoms with Crippen LogP contribution < -0.4 is 5.32 Å². The Hall–Kier alpha value is -1.96. The molecule has 7 nitrogen and oxygen atoms in total. The first-order valence-electron chi connectivity index (χ1n) is 7.78. The predicted octanol–water partition coefficient (Wildman–Crippen LogP) is 1.84. The van der Waals surface area contributed by atoms with E-state index in [4.69, 9.17) is 0 Å². The van der Waals surface area contributed by atoms with Crippen LogP contribution >= 0.6 is 0 Å². The van der Waals surface area contributed by atoms with Gasteiger partial charge in [0.05, 0.1) is 12.0 Å². The number of aromatic nitrogens is 3. The Kier molecular flexibility index (Phi) is 3.03. The minimum absolute atomic E-state index is 0.0125. The fraction of sp³-hybridized carbons (Fsp3) is 0.533. The standard InChI is InChI=1S/C15H18N4O3S/c1-23(21,22)14-16-9-10-7-11-17-12(20)8-15(5-3-2-4-6-15)19(11)13(10)18-14/h7,9H,2-6,8H2,1H3,(H,17,20). The molecule has 2 aromatic rings. The van der Waals surface area contributed by atoms with Crippen molar-refractivity contribution in [2.24, 2.45) is 0 Å². The van der Waals surface area contributed by atoms with Gasteiger partial charge in [-0.15, -0.1) is 0 Å². The zero-order valence-electron chi connectivity index (χ0n) is 12.9. The van der Waals surface area contributed by atoms with Crippen LogP contribution in [0, 0.1) is 0 Å². The van der Waals surface area contributed by atoms with E-state index < -0.39 is 9.84 Å². The van der Waals surface area contributed by atoms with Gasteiger partial charge < -0.3 is 9.88 Å². The molecule has 1 spiro atoms. The average Bonchev–Trinajstić information content (AvgIpc) is 2.84. The summed E-state index contributed by atoms with van der Waals surface area (Å²) < 4.78 is 25.6. The van der Waals surface area contributed by atoms with Gasteiger partial charge in [-0.05, 0) is 18.9 Å². The molecule has 1 N–H and O–H groups in total. The molecule has 0 unspecified atom stereocenters. The number of carbonyl (C=O) groups is 1. The summed E-state index contributed by atoms with van der Waals surface area (Å²) >= 11 is 0. The lowest BCUT2D eigenvalue weighted by Gasteiger charge is -2.42. The van der Waals surface area contributed by atoms with Crippen molar-refractivity contribution >= 4 is 32.6 Å². The van der Waals surface area contributed by atoms with Crippen molar-refractivity contribution < 1.29 is 13.2 Å². The second-order valence-electron chi connectivity index (χ2n) is 6.58. The van der Waals surface area contributed by atoms with Gasteiger partial charge in [0.2, 0.25) is 20.9 Å². The molecule has 4 rings (SSSR count). The lowest BCUT2D eigenvalue weighted by atomic mass is 9.78. The first-order valence-corrected chi connectivity index (χ1v) is 9.67. The van der Waals surface area contributed by atoms with Crippen molar-refractivity contribution in [1.29, 1.82) is 0 Å². The van der Waals surface area contributed by atoms with Gasteiger partial charge in [-0.3, -0.25) is 4.79 Å². The van der Waals surface area contributed by atoms with Gasteiger partial charge in [-0.1, -0.05) is 19.3 Å². The second kappa shape index (κ2) is 4.77. The van der Waals surface area contributed by atoms with Gasteiger partial charge in [0.25, 0.3) is 0 Å². The minimum atomic E-state index is -3.47. The van der Waals surface area contributed by atoms with Crippen LogP contribution in [0.4, 0.5) is 5.82 Å². The van der Waals surface area contributed by atoms with Crippen LogP contribution in [0.15, 0.2) is 17.4 Å². The number of amides is 1. The fourth-order valence-corrected chi connectivity index (χ4v) is 4.40. The Morgan fingerprint density at radius 1 is 1.26 bits per heavy atom. The Morgan fingerprint density at radius 2 is 2.00 bits per heavy atom. The molecular formula is C15H18N4O3S. The average molecular weight is 334 g/mol. The van der Waals surface area contributed by atoms with Crippen molar-refractivity contribution in [2.45, 2.75) is 49.2 Å². The van der Waals surface area contributed by atoms with Crippen LogP contribution in [-0.4, -0.2) is 35.1 Å². The summed E-state index contributed by atoms with van der Waals surface area (Å²) in [6, 6.07) is 1.83. The maximum atomic E-state index is 12.1. The summed E-state index contributed by atoms with van der Waals surface area (Å²) in [6.45, 7) is 0. The van der Waals surface area contributed by atoms with Crippen LogP contribution in [0.3, 0.4) is 0 Å². The highest BCUT2D eigenvalue weighted by molar-refractivity contribution is 7.90. The highest BCUT2D eigenvalue weighted by atomic mass is 32.2. The number of nitrogens with one attached hydrogen (secondary N) is 1.